The van der Waals surface area contributed by atoms with Crippen LogP contribution in [0.5, 0.6) is 0 Å². The summed E-state index contributed by atoms with van der Waals surface area (Å²) in [6.07, 6.45) is -0.630. The third-order valence-corrected chi connectivity index (χ3v) is 13.8. The molecule has 12 rings (SSSR count). The highest BCUT2D eigenvalue weighted by Crippen LogP contribution is 2.58. The number of nitrogens with one attached hydrogen (secondary N) is 1. The first-order valence-electron chi connectivity index (χ1n) is 23.6. The Bertz CT molecular complexity index is 3420. The second-order valence-electron chi connectivity index (χ2n) is 18.5. The number of hydrogen-bond acceptors (Lipinski definition) is 5. The van der Waals surface area contributed by atoms with Crippen molar-refractivity contribution in [2.75, 3.05) is 20.0 Å². The molecule has 2 atom stereocenters. The molecular formula is C62H52N4O. The second-order valence-corrected chi connectivity index (χ2v) is 18.5. The van der Waals surface area contributed by atoms with Gasteiger partial charge in [-0.1, -0.05) is 185 Å². The van der Waals surface area contributed by atoms with Gasteiger partial charge >= 0.3 is 0 Å². The number of hydrogen-bond donors (Lipinski definition) is 1. The number of para-hydroxylation sites is 2. The van der Waals surface area contributed by atoms with Gasteiger partial charge in [-0.05, 0) is 117 Å². The largest absolute Gasteiger partial charge is 0.454 e. The highest BCUT2D eigenvalue weighted by atomic mass is 16.3. The Morgan fingerprint density at radius 2 is 1.03 bits per heavy atom. The Labute approximate surface area is 393 Å². The Hall–Kier alpha value is -8.02. The molecule has 2 unspecified atom stereocenters. The summed E-state index contributed by atoms with van der Waals surface area (Å²) in [5.74, 6) is 0.624. The summed E-state index contributed by atoms with van der Waals surface area (Å²) >= 11 is 0. The van der Waals surface area contributed by atoms with Crippen molar-refractivity contribution in [3.05, 3.63) is 229 Å². The van der Waals surface area contributed by atoms with Gasteiger partial charge < -0.3 is 24.4 Å². The summed E-state index contributed by atoms with van der Waals surface area (Å²) in [5.41, 5.74) is 19.5. The Morgan fingerprint density at radius 1 is 0.448 bits per heavy atom. The van der Waals surface area contributed by atoms with E-state index in [0.717, 1.165) is 56.1 Å². The standard InChI is InChI=1S/C62H52N4O/c1-40(2)53-37-45(29-32-49(53)42-19-9-5-10-20-42)46-30-35-55-57(38-46)65(48-31-33-50(54(39-48)41(3)4)43-21-11-6-12-22-43)62(63-55)66-59-56(36-34-52-51-27-17-18-28-58(51)67-60(52)59)64(47-25-15-8-16-26-47)61(66)44-23-13-7-14-24-44/h5-41,61-63H,1-4H3. The van der Waals surface area contributed by atoms with E-state index in [1.807, 2.05) is 0 Å². The Balaban J connectivity index is 1.10. The van der Waals surface area contributed by atoms with Crippen LogP contribution in [0.2, 0.25) is 0 Å². The van der Waals surface area contributed by atoms with Crippen molar-refractivity contribution in [3.8, 4) is 33.4 Å². The molecule has 0 spiro atoms. The first-order valence-corrected chi connectivity index (χ1v) is 23.6. The molecule has 0 saturated carbocycles. The van der Waals surface area contributed by atoms with Gasteiger partial charge in [0.2, 0.25) is 0 Å². The van der Waals surface area contributed by atoms with E-state index < -0.39 is 0 Å². The van der Waals surface area contributed by atoms with Crippen molar-refractivity contribution in [2.24, 2.45) is 0 Å². The highest BCUT2D eigenvalue weighted by molar-refractivity contribution is 6.13. The van der Waals surface area contributed by atoms with Gasteiger partial charge in [-0.2, -0.15) is 0 Å². The van der Waals surface area contributed by atoms with Gasteiger partial charge in [0.25, 0.3) is 0 Å². The van der Waals surface area contributed by atoms with E-state index in [0.29, 0.717) is 5.92 Å². The zero-order valence-electron chi connectivity index (χ0n) is 38.3. The molecule has 10 aromatic rings. The van der Waals surface area contributed by atoms with E-state index in [1.54, 1.807) is 0 Å². The summed E-state index contributed by atoms with van der Waals surface area (Å²) in [5, 5.41) is 6.36. The summed E-state index contributed by atoms with van der Waals surface area (Å²) in [7, 11) is 0. The van der Waals surface area contributed by atoms with Gasteiger partial charge in [0.05, 0.1) is 17.1 Å². The lowest BCUT2D eigenvalue weighted by Crippen LogP contribution is -2.50. The smallest absolute Gasteiger partial charge is 0.185 e. The molecular weight excluding hydrogens is 817 g/mol. The molecule has 0 saturated heterocycles. The van der Waals surface area contributed by atoms with Gasteiger partial charge in [0.1, 0.15) is 17.4 Å². The molecule has 0 amide bonds. The molecule has 0 bridgehead atoms. The van der Waals surface area contributed by atoms with E-state index in [2.05, 4.69) is 260 Å². The molecule has 0 radical (unpaired) electrons. The molecule has 5 heteroatoms. The van der Waals surface area contributed by atoms with Crippen LogP contribution in [0.25, 0.3) is 55.3 Å². The van der Waals surface area contributed by atoms with Crippen LogP contribution in [0.3, 0.4) is 0 Å². The summed E-state index contributed by atoms with van der Waals surface area (Å²) in [4.78, 5) is 7.61. The molecule has 0 aliphatic carbocycles. The number of nitrogens with zero attached hydrogens (tertiary/aromatic N) is 3. The zero-order valence-corrected chi connectivity index (χ0v) is 38.3. The first-order chi connectivity index (χ1) is 32.9. The van der Waals surface area contributed by atoms with Gasteiger partial charge in [-0.15, -0.1) is 0 Å². The maximum Gasteiger partial charge on any atom is 0.185 e. The van der Waals surface area contributed by atoms with Crippen molar-refractivity contribution >= 4 is 56.1 Å². The quantitative estimate of drug-likeness (QED) is 0.156. The minimum absolute atomic E-state index is 0.251. The van der Waals surface area contributed by atoms with E-state index in [-0.39, 0.29) is 18.4 Å². The molecule has 326 valence electrons. The van der Waals surface area contributed by atoms with Crippen molar-refractivity contribution in [1.82, 2.24) is 0 Å². The van der Waals surface area contributed by atoms with Crippen LogP contribution in [0.4, 0.5) is 34.1 Å². The van der Waals surface area contributed by atoms with Crippen LogP contribution >= 0.6 is 0 Å². The lowest BCUT2D eigenvalue weighted by Gasteiger charge is -2.41. The zero-order chi connectivity index (χ0) is 45.2. The minimum Gasteiger partial charge on any atom is -0.454 e. The molecule has 1 aromatic heterocycles. The van der Waals surface area contributed by atoms with Gasteiger partial charge in [-0.25, -0.2) is 0 Å². The average Bonchev–Trinajstić information content (AvgIpc) is 4.06. The van der Waals surface area contributed by atoms with Gasteiger partial charge in [0, 0.05) is 22.1 Å². The molecule has 0 fully saturated rings. The number of anilines is 6. The summed E-state index contributed by atoms with van der Waals surface area (Å²) < 4.78 is 7.02. The maximum absolute atomic E-state index is 7.02. The third-order valence-electron chi connectivity index (χ3n) is 13.8. The lowest BCUT2D eigenvalue weighted by molar-refractivity contribution is 0.585. The van der Waals surface area contributed by atoms with E-state index >= 15 is 0 Å². The normalized spacial score (nSPS) is 15.5. The third kappa shape index (κ3) is 6.84. The SMILES string of the molecule is CC(C)c1cc(-c2ccc3c(c2)N(c2ccc(-c4ccccc4)c(C(C)C)c2)C(N2c4c(ccc5c4oc4ccccc45)N(c4ccccc4)C2c2ccccc2)N3)ccc1-c1ccccc1. The number of furan rings is 1. The molecule has 67 heavy (non-hydrogen) atoms. The predicted octanol–water partition coefficient (Wildman–Crippen LogP) is 17.0. The molecule has 5 nitrogen and oxygen atoms in total. The van der Waals surface area contributed by atoms with Crippen LogP contribution in [-0.2, 0) is 0 Å². The highest BCUT2D eigenvalue weighted by Gasteiger charge is 2.48. The monoisotopic (exact) mass is 868 g/mol. The Kier molecular flexibility index (Phi) is 9.94. The van der Waals surface area contributed by atoms with Crippen molar-refractivity contribution in [2.45, 2.75) is 52.0 Å². The van der Waals surface area contributed by atoms with E-state index in [1.165, 1.54) is 50.1 Å². The fraction of sp³-hybridized carbons (Fsp3) is 0.129. The van der Waals surface area contributed by atoms with Crippen LogP contribution in [-0.4, -0.2) is 6.29 Å². The number of rotatable bonds is 9. The lowest BCUT2D eigenvalue weighted by atomic mass is 9.89. The fourth-order valence-corrected chi connectivity index (χ4v) is 10.6. The summed E-state index contributed by atoms with van der Waals surface area (Å²) in [6, 6.07) is 77.3. The van der Waals surface area contributed by atoms with E-state index in [9.17, 15) is 0 Å². The molecule has 9 aromatic carbocycles. The second kappa shape index (κ2) is 16.4. The fourth-order valence-electron chi connectivity index (χ4n) is 10.6. The van der Waals surface area contributed by atoms with Crippen molar-refractivity contribution in [3.63, 3.8) is 0 Å². The maximum atomic E-state index is 7.02. The average molecular weight is 869 g/mol. The molecule has 2 aliphatic rings. The van der Waals surface area contributed by atoms with Crippen molar-refractivity contribution < 1.29 is 4.42 Å². The van der Waals surface area contributed by atoms with Crippen LogP contribution in [0.15, 0.2) is 217 Å². The molecule has 2 aliphatic heterocycles. The van der Waals surface area contributed by atoms with Gasteiger partial charge in [0.15, 0.2) is 11.9 Å². The Morgan fingerprint density at radius 3 is 1.72 bits per heavy atom. The molecule has 3 heterocycles. The van der Waals surface area contributed by atoms with Crippen LogP contribution in [0, 0.1) is 0 Å². The van der Waals surface area contributed by atoms with E-state index in [4.69, 9.17) is 4.42 Å². The minimum atomic E-state index is -0.379. The van der Waals surface area contributed by atoms with Crippen LogP contribution < -0.4 is 20.0 Å². The number of fused-ring (bicyclic) bond motifs is 6. The predicted molar refractivity (Wildman–Crippen MR) is 281 cm³/mol. The number of benzene rings is 9. The van der Waals surface area contributed by atoms with Gasteiger partial charge in [-0.3, -0.25) is 0 Å². The topological polar surface area (TPSA) is 34.9 Å². The molecule has 1 N–H and O–H groups in total. The van der Waals surface area contributed by atoms with Crippen molar-refractivity contribution in [1.29, 1.82) is 0 Å². The van der Waals surface area contributed by atoms with Crippen LogP contribution in [0.1, 0.15) is 62.4 Å². The first kappa shape index (κ1) is 40.5. The summed E-state index contributed by atoms with van der Waals surface area (Å²) in [6.45, 7) is 9.21.